The Balaban J connectivity index is 1.37. The van der Waals surface area contributed by atoms with E-state index in [1.807, 2.05) is 12.1 Å². The first-order valence-electron chi connectivity index (χ1n) is 10.4. The van der Waals surface area contributed by atoms with Gasteiger partial charge in [-0.2, -0.15) is 5.26 Å². The molecule has 2 aliphatic rings. The van der Waals surface area contributed by atoms with E-state index in [4.69, 9.17) is 5.26 Å². The van der Waals surface area contributed by atoms with Crippen molar-refractivity contribution < 1.29 is 0 Å². The van der Waals surface area contributed by atoms with E-state index in [0.29, 0.717) is 0 Å². The lowest BCUT2D eigenvalue weighted by molar-refractivity contribution is 0.144. The summed E-state index contributed by atoms with van der Waals surface area (Å²) in [6.45, 7) is 3.91. The van der Waals surface area contributed by atoms with E-state index in [0.717, 1.165) is 29.2 Å². The summed E-state index contributed by atoms with van der Waals surface area (Å²) in [4.78, 5) is 0. The molecule has 134 valence electrons. The molecular formula is C24H33N. The summed E-state index contributed by atoms with van der Waals surface area (Å²) in [6, 6.07) is 10.4. The van der Waals surface area contributed by atoms with Crippen molar-refractivity contribution in [2.45, 2.75) is 70.6 Å². The van der Waals surface area contributed by atoms with Crippen LogP contribution in [0, 0.1) is 35.0 Å². The minimum atomic E-state index is 0.770. The lowest BCUT2D eigenvalue weighted by atomic mass is 9.68. The molecule has 1 aromatic carbocycles. The molecule has 2 fully saturated rings. The maximum atomic E-state index is 8.88. The Morgan fingerprint density at radius 2 is 1.44 bits per heavy atom. The molecule has 1 heteroatoms. The van der Waals surface area contributed by atoms with Crippen molar-refractivity contribution >= 4 is 0 Å². The van der Waals surface area contributed by atoms with E-state index in [9.17, 15) is 0 Å². The van der Waals surface area contributed by atoms with Crippen molar-refractivity contribution in [3.63, 3.8) is 0 Å². The Morgan fingerprint density at radius 1 is 0.880 bits per heavy atom. The van der Waals surface area contributed by atoms with Crippen LogP contribution in [0.4, 0.5) is 0 Å². The van der Waals surface area contributed by atoms with E-state index < -0.39 is 0 Å². The molecule has 1 nitrogen and oxygen atoms in total. The van der Waals surface area contributed by atoms with E-state index >= 15 is 0 Å². The van der Waals surface area contributed by atoms with Gasteiger partial charge in [-0.3, -0.25) is 0 Å². The smallest absolute Gasteiger partial charge is 0.0991 e. The van der Waals surface area contributed by atoms with Crippen LogP contribution >= 0.6 is 0 Å². The zero-order valence-electron chi connectivity index (χ0n) is 15.6. The lowest BCUT2D eigenvalue weighted by Gasteiger charge is -2.37. The largest absolute Gasteiger partial charge is 0.192 e. The van der Waals surface area contributed by atoms with Gasteiger partial charge in [0.05, 0.1) is 11.6 Å². The predicted octanol–water partition coefficient (Wildman–Crippen LogP) is 6.68. The molecule has 25 heavy (non-hydrogen) atoms. The summed E-state index contributed by atoms with van der Waals surface area (Å²) in [5.41, 5.74) is 2.16. The van der Waals surface area contributed by atoms with Crippen molar-refractivity contribution in [2.75, 3.05) is 0 Å². The minimum Gasteiger partial charge on any atom is -0.192 e. The number of nitrogens with zero attached hydrogens (tertiary/aromatic N) is 1. The van der Waals surface area contributed by atoms with Crippen molar-refractivity contribution in [1.29, 1.82) is 5.26 Å². The van der Waals surface area contributed by atoms with Crippen LogP contribution in [0.1, 0.15) is 75.3 Å². The molecule has 0 aromatic heterocycles. The van der Waals surface area contributed by atoms with E-state index in [2.05, 4.69) is 30.9 Å². The third-order valence-electron chi connectivity index (χ3n) is 6.87. The first-order valence-corrected chi connectivity index (χ1v) is 10.4. The Labute approximate surface area is 154 Å². The van der Waals surface area contributed by atoms with Crippen molar-refractivity contribution in [3.05, 3.63) is 48.0 Å². The second-order valence-electron chi connectivity index (χ2n) is 8.43. The molecular weight excluding hydrogens is 302 g/mol. The summed E-state index contributed by atoms with van der Waals surface area (Å²) in [7, 11) is 0. The highest BCUT2D eigenvalue weighted by molar-refractivity contribution is 5.31. The van der Waals surface area contributed by atoms with Crippen LogP contribution in [0.15, 0.2) is 36.9 Å². The van der Waals surface area contributed by atoms with Crippen LogP contribution in [0.25, 0.3) is 0 Å². The third-order valence-corrected chi connectivity index (χ3v) is 6.87. The second-order valence-corrected chi connectivity index (χ2v) is 8.43. The van der Waals surface area contributed by atoms with Crippen LogP contribution in [0.3, 0.4) is 0 Å². The van der Waals surface area contributed by atoms with Gasteiger partial charge in [-0.15, -0.1) is 6.58 Å². The third kappa shape index (κ3) is 5.21. The molecule has 2 aliphatic carbocycles. The number of benzene rings is 1. The first-order chi connectivity index (χ1) is 12.3. The molecule has 0 spiro atoms. The van der Waals surface area contributed by atoms with Crippen LogP contribution in [0.5, 0.6) is 0 Å². The van der Waals surface area contributed by atoms with E-state index in [1.54, 1.807) is 0 Å². The minimum absolute atomic E-state index is 0.770. The van der Waals surface area contributed by atoms with Gasteiger partial charge in [0.15, 0.2) is 0 Å². The maximum absolute atomic E-state index is 8.88. The topological polar surface area (TPSA) is 23.8 Å². The molecule has 0 heterocycles. The number of hydrogen-bond donors (Lipinski definition) is 0. The molecule has 0 saturated heterocycles. The van der Waals surface area contributed by atoms with Gasteiger partial charge >= 0.3 is 0 Å². The first kappa shape index (κ1) is 18.2. The number of nitriles is 1. The van der Waals surface area contributed by atoms with E-state index in [1.165, 1.54) is 76.2 Å². The second kappa shape index (κ2) is 9.23. The zero-order chi connectivity index (χ0) is 17.5. The van der Waals surface area contributed by atoms with Gasteiger partial charge in [-0.25, -0.2) is 0 Å². The van der Waals surface area contributed by atoms with Gasteiger partial charge in [-0.05, 0) is 99.2 Å². The van der Waals surface area contributed by atoms with Crippen LogP contribution < -0.4 is 0 Å². The SMILES string of the molecule is C=CC[C@H]1CC[C@H](C2CCC(CCc3ccc(C#N)cc3)CC2)CC1. The van der Waals surface area contributed by atoms with Crippen molar-refractivity contribution in [2.24, 2.45) is 23.7 Å². The molecule has 0 atom stereocenters. The van der Waals surface area contributed by atoms with Gasteiger partial charge in [0.2, 0.25) is 0 Å². The van der Waals surface area contributed by atoms with Gasteiger partial charge in [0.25, 0.3) is 0 Å². The highest BCUT2D eigenvalue weighted by atomic mass is 14.4. The number of aryl methyl sites for hydroxylation is 1. The molecule has 2 saturated carbocycles. The Hall–Kier alpha value is -1.55. The quantitative estimate of drug-likeness (QED) is 0.532. The standard InChI is InChI=1S/C24H33N/c1-2-3-19-10-14-23(15-11-19)24-16-12-21(13-17-24)5-4-20-6-8-22(18-25)9-7-20/h2,6-9,19,21,23-24H,1,3-5,10-17H2/t19-,21?,23-,24?. The normalized spacial score (nSPS) is 29.7. The Kier molecular flexibility index (Phi) is 6.74. The average molecular weight is 336 g/mol. The molecule has 0 radical (unpaired) electrons. The number of rotatable bonds is 6. The summed E-state index contributed by atoms with van der Waals surface area (Å²) in [5.74, 6) is 3.87. The molecule has 0 aliphatic heterocycles. The monoisotopic (exact) mass is 335 g/mol. The van der Waals surface area contributed by atoms with Gasteiger partial charge < -0.3 is 0 Å². The number of allylic oxidation sites excluding steroid dienone is 1. The summed E-state index contributed by atoms with van der Waals surface area (Å²) >= 11 is 0. The highest BCUT2D eigenvalue weighted by Crippen LogP contribution is 2.42. The number of hydrogen-bond acceptors (Lipinski definition) is 1. The van der Waals surface area contributed by atoms with Gasteiger partial charge in [0, 0.05) is 0 Å². The van der Waals surface area contributed by atoms with Gasteiger partial charge in [-0.1, -0.05) is 31.1 Å². The molecule has 0 N–H and O–H groups in total. The maximum Gasteiger partial charge on any atom is 0.0991 e. The predicted molar refractivity (Wildman–Crippen MR) is 105 cm³/mol. The van der Waals surface area contributed by atoms with Crippen LogP contribution in [-0.4, -0.2) is 0 Å². The van der Waals surface area contributed by atoms with Crippen molar-refractivity contribution in [1.82, 2.24) is 0 Å². The van der Waals surface area contributed by atoms with Crippen LogP contribution in [-0.2, 0) is 6.42 Å². The Morgan fingerprint density at radius 3 is 1.96 bits per heavy atom. The fourth-order valence-electron chi connectivity index (χ4n) is 5.20. The summed E-state index contributed by atoms with van der Waals surface area (Å²) < 4.78 is 0. The Bertz CT molecular complexity index is 563. The van der Waals surface area contributed by atoms with Crippen LogP contribution in [0.2, 0.25) is 0 Å². The summed E-state index contributed by atoms with van der Waals surface area (Å²) in [6.07, 6.45) is 17.5. The fraction of sp³-hybridized carbons (Fsp3) is 0.625. The lowest BCUT2D eigenvalue weighted by Crippen LogP contribution is -2.26. The summed E-state index contributed by atoms with van der Waals surface area (Å²) in [5, 5.41) is 8.88. The molecule has 0 bridgehead atoms. The zero-order valence-corrected chi connectivity index (χ0v) is 15.6. The molecule has 3 rings (SSSR count). The fourth-order valence-corrected chi connectivity index (χ4v) is 5.20. The van der Waals surface area contributed by atoms with Gasteiger partial charge in [0.1, 0.15) is 0 Å². The van der Waals surface area contributed by atoms with E-state index in [-0.39, 0.29) is 0 Å². The molecule has 0 amide bonds. The molecule has 1 aromatic rings. The highest BCUT2D eigenvalue weighted by Gasteiger charge is 2.30. The molecule has 0 unspecified atom stereocenters. The average Bonchev–Trinajstić information content (AvgIpc) is 2.68. The van der Waals surface area contributed by atoms with Crippen molar-refractivity contribution in [3.8, 4) is 6.07 Å².